The Labute approximate surface area is 160 Å². The lowest BCUT2D eigenvalue weighted by molar-refractivity contribution is 0.0905. The van der Waals surface area contributed by atoms with Gasteiger partial charge in [-0.3, -0.25) is 9.78 Å². The molecule has 3 aromatic rings. The van der Waals surface area contributed by atoms with E-state index in [1.165, 1.54) is 12.3 Å². The number of H-pyrrole nitrogens is 1. The van der Waals surface area contributed by atoms with Gasteiger partial charge in [0, 0.05) is 48.8 Å². The monoisotopic (exact) mass is 375 g/mol. The fourth-order valence-corrected chi connectivity index (χ4v) is 4.68. The van der Waals surface area contributed by atoms with Crippen LogP contribution in [0.15, 0.2) is 30.6 Å². The van der Waals surface area contributed by atoms with E-state index in [1.807, 2.05) is 12.3 Å². The Morgan fingerprint density at radius 3 is 2.71 bits per heavy atom. The summed E-state index contributed by atoms with van der Waals surface area (Å²) in [5.41, 5.74) is 7.73. The van der Waals surface area contributed by atoms with Crippen LogP contribution in [0.5, 0.6) is 0 Å². The van der Waals surface area contributed by atoms with Gasteiger partial charge in [0.2, 0.25) is 5.95 Å². The standard InChI is InChI=1S/C21H18FN5O/c22-16-4-2-12(7-25-16)15-5-14-11(6-24-15)1-3-13-17-19(27-18(13)14)21(8-23-9-21)10-26-20(17)28/h2,4-7,23,27H,1,3,8-10H2,(H,26,28). The predicted octanol–water partition coefficient (Wildman–Crippen LogP) is 1.96. The zero-order chi connectivity index (χ0) is 18.9. The number of nitrogens with zero attached hydrogens (tertiary/aromatic N) is 2. The number of halogens is 1. The molecule has 140 valence electrons. The summed E-state index contributed by atoms with van der Waals surface area (Å²) in [7, 11) is 0. The highest BCUT2D eigenvalue weighted by Gasteiger charge is 2.47. The minimum atomic E-state index is -0.508. The number of amides is 1. The highest BCUT2D eigenvalue weighted by molar-refractivity contribution is 6.01. The molecule has 0 unspecified atom stereocenters. The molecular weight excluding hydrogens is 357 g/mol. The smallest absolute Gasteiger partial charge is 0.253 e. The van der Waals surface area contributed by atoms with Crippen molar-refractivity contribution in [3.05, 3.63) is 58.9 Å². The van der Waals surface area contributed by atoms with E-state index in [1.54, 1.807) is 6.07 Å². The second-order valence-corrected chi connectivity index (χ2v) is 7.89. The van der Waals surface area contributed by atoms with Crippen molar-refractivity contribution in [1.82, 2.24) is 25.6 Å². The summed E-state index contributed by atoms with van der Waals surface area (Å²) in [4.78, 5) is 24.6. The molecule has 28 heavy (non-hydrogen) atoms. The number of aryl methyl sites for hydroxylation is 1. The molecule has 0 atom stereocenters. The van der Waals surface area contributed by atoms with Gasteiger partial charge in [-0.25, -0.2) is 4.98 Å². The molecule has 1 saturated heterocycles. The quantitative estimate of drug-likeness (QED) is 0.568. The maximum absolute atomic E-state index is 13.2. The molecule has 6 nitrogen and oxygen atoms in total. The number of hydrogen-bond donors (Lipinski definition) is 3. The van der Waals surface area contributed by atoms with Crippen LogP contribution in [0, 0.1) is 5.95 Å². The Balaban J connectivity index is 1.53. The van der Waals surface area contributed by atoms with Crippen molar-refractivity contribution in [1.29, 1.82) is 0 Å². The van der Waals surface area contributed by atoms with Crippen LogP contribution in [-0.4, -0.2) is 40.5 Å². The number of aromatic nitrogens is 3. The summed E-state index contributed by atoms with van der Waals surface area (Å²) >= 11 is 0. The van der Waals surface area contributed by atoms with Crippen molar-refractivity contribution in [2.75, 3.05) is 19.6 Å². The molecule has 0 bridgehead atoms. The van der Waals surface area contributed by atoms with Crippen molar-refractivity contribution >= 4 is 5.91 Å². The Kier molecular flexibility index (Phi) is 3.12. The number of pyridine rings is 2. The zero-order valence-corrected chi connectivity index (χ0v) is 15.1. The number of hydrogen-bond acceptors (Lipinski definition) is 4. The normalized spacial score (nSPS) is 18.7. The zero-order valence-electron chi connectivity index (χ0n) is 15.1. The first-order chi connectivity index (χ1) is 13.6. The number of rotatable bonds is 1. The van der Waals surface area contributed by atoms with E-state index in [0.29, 0.717) is 6.54 Å². The van der Waals surface area contributed by atoms with Gasteiger partial charge in [-0.1, -0.05) is 0 Å². The molecule has 3 aromatic heterocycles. The number of nitrogens with one attached hydrogen (secondary N) is 3. The summed E-state index contributed by atoms with van der Waals surface area (Å²) < 4.78 is 13.2. The van der Waals surface area contributed by atoms with Crippen molar-refractivity contribution < 1.29 is 9.18 Å². The SMILES string of the molecule is O=C1NCC2(CNC2)c2[nH]c3c(c21)CCc1cnc(-c2ccc(F)nc2)cc1-3. The van der Waals surface area contributed by atoms with Gasteiger partial charge in [0.25, 0.3) is 5.91 Å². The van der Waals surface area contributed by atoms with E-state index < -0.39 is 5.95 Å². The van der Waals surface area contributed by atoms with Crippen LogP contribution in [-0.2, 0) is 18.3 Å². The molecule has 5 heterocycles. The first-order valence-corrected chi connectivity index (χ1v) is 9.50. The number of fused-ring (bicyclic) bond motifs is 6. The molecule has 1 spiro atoms. The van der Waals surface area contributed by atoms with Gasteiger partial charge >= 0.3 is 0 Å². The number of aromatic amines is 1. The maximum atomic E-state index is 13.2. The van der Waals surface area contributed by atoms with E-state index in [0.717, 1.165) is 70.8 Å². The van der Waals surface area contributed by atoms with Gasteiger partial charge < -0.3 is 15.6 Å². The largest absolute Gasteiger partial charge is 0.357 e. The molecule has 6 rings (SSSR count). The van der Waals surface area contributed by atoms with Crippen LogP contribution in [0.25, 0.3) is 22.5 Å². The van der Waals surface area contributed by atoms with Crippen LogP contribution in [0.2, 0.25) is 0 Å². The summed E-state index contributed by atoms with van der Waals surface area (Å²) in [6, 6.07) is 5.05. The lowest BCUT2D eigenvalue weighted by Gasteiger charge is -2.45. The minimum absolute atomic E-state index is 0.0190. The highest BCUT2D eigenvalue weighted by Crippen LogP contribution is 2.43. The minimum Gasteiger partial charge on any atom is -0.357 e. The molecule has 3 N–H and O–H groups in total. The average molecular weight is 375 g/mol. The predicted molar refractivity (Wildman–Crippen MR) is 102 cm³/mol. The van der Waals surface area contributed by atoms with E-state index in [2.05, 4.69) is 25.6 Å². The van der Waals surface area contributed by atoms with Gasteiger partial charge in [0.1, 0.15) is 0 Å². The third kappa shape index (κ3) is 2.08. The first kappa shape index (κ1) is 15.9. The van der Waals surface area contributed by atoms with Gasteiger partial charge in [0.05, 0.1) is 22.4 Å². The second kappa shape index (κ2) is 5.48. The molecule has 3 aliphatic rings. The molecule has 0 saturated carbocycles. The van der Waals surface area contributed by atoms with Crippen LogP contribution in [0.4, 0.5) is 4.39 Å². The van der Waals surface area contributed by atoms with Crippen molar-refractivity contribution in [2.24, 2.45) is 0 Å². The second-order valence-electron chi connectivity index (χ2n) is 7.89. The maximum Gasteiger partial charge on any atom is 0.253 e. The molecule has 0 aromatic carbocycles. The van der Waals surface area contributed by atoms with Crippen LogP contribution in [0.1, 0.15) is 27.2 Å². The van der Waals surface area contributed by atoms with Crippen LogP contribution < -0.4 is 10.6 Å². The molecule has 1 fully saturated rings. The molecular formula is C21H18FN5O. The van der Waals surface area contributed by atoms with E-state index >= 15 is 0 Å². The van der Waals surface area contributed by atoms with Crippen molar-refractivity contribution in [2.45, 2.75) is 18.3 Å². The first-order valence-electron chi connectivity index (χ1n) is 9.50. The van der Waals surface area contributed by atoms with Gasteiger partial charge in [-0.2, -0.15) is 4.39 Å². The lowest BCUT2D eigenvalue weighted by atomic mass is 9.74. The number of carbonyl (C=O) groups is 1. The summed E-state index contributed by atoms with van der Waals surface area (Å²) in [6.45, 7) is 2.41. The van der Waals surface area contributed by atoms with Gasteiger partial charge in [-0.05, 0) is 42.2 Å². The van der Waals surface area contributed by atoms with E-state index in [9.17, 15) is 9.18 Å². The van der Waals surface area contributed by atoms with E-state index in [4.69, 9.17) is 0 Å². The molecule has 2 aliphatic heterocycles. The van der Waals surface area contributed by atoms with Crippen molar-refractivity contribution in [3.63, 3.8) is 0 Å². The summed E-state index contributed by atoms with van der Waals surface area (Å²) in [5, 5.41) is 6.42. The summed E-state index contributed by atoms with van der Waals surface area (Å²) in [6.07, 6.45) is 5.05. The van der Waals surface area contributed by atoms with Gasteiger partial charge in [0.15, 0.2) is 0 Å². The Bertz CT molecular complexity index is 1130. The topological polar surface area (TPSA) is 82.7 Å². The fourth-order valence-electron chi connectivity index (χ4n) is 4.68. The average Bonchev–Trinajstić information content (AvgIpc) is 3.08. The number of carbonyl (C=O) groups excluding carboxylic acids is 1. The molecule has 0 radical (unpaired) electrons. The molecule has 1 amide bonds. The van der Waals surface area contributed by atoms with E-state index in [-0.39, 0.29) is 11.3 Å². The van der Waals surface area contributed by atoms with Crippen LogP contribution in [0.3, 0.4) is 0 Å². The Morgan fingerprint density at radius 1 is 1.07 bits per heavy atom. The summed E-state index contributed by atoms with van der Waals surface area (Å²) in [5.74, 6) is -0.489. The van der Waals surface area contributed by atoms with Gasteiger partial charge in [-0.15, -0.1) is 0 Å². The highest BCUT2D eigenvalue weighted by atomic mass is 19.1. The molecule has 1 aliphatic carbocycles. The Hall–Kier alpha value is -3.06. The third-order valence-electron chi connectivity index (χ3n) is 6.30. The van der Waals surface area contributed by atoms with Crippen LogP contribution >= 0.6 is 0 Å². The third-order valence-corrected chi connectivity index (χ3v) is 6.30. The molecule has 7 heteroatoms. The lowest BCUT2D eigenvalue weighted by Crippen LogP contribution is -2.64. The van der Waals surface area contributed by atoms with Crippen molar-refractivity contribution in [3.8, 4) is 22.5 Å². The Morgan fingerprint density at radius 2 is 1.96 bits per heavy atom. The fraction of sp³-hybridized carbons (Fsp3) is 0.286.